The van der Waals surface area contributed by atoms with Crippen molar-refractivity contribution in [2.24, 2.45) is 0 Å². The standard InChI is InChI=1S/C14H15N5OS/c1-2-7-19-13(20)17-18-14(19)21-12-4-3-11(15)10-8-16-6-5-9(10)12/h3-6,8H,2,7,15H2,1H3,(H,17,20). The average Bonchev–Trinajstić information content (AvgIpc) is 2.84. The van der Waals surface area contributed by atoms with Crippen LogP contribution in [0.15, 0.2) is 45.4 Å². The molecule has 3 rings (SSSR count). The number of nitrogens with two attached hydrogens (primary N) is 1. The lowest BCUT2D eigenvalue weighted by Crippen LogP contribution is -2.17. The molecule has 0 saturated heterocycles. The molecular formula is C14H15N5OS. The Bertz CT molecular complexity index is 839. The van der Waals surface area contributed by atoms with Crippen molar-refractivity contribution in [3.8, 4) is 0 Å². The molecule has 0 atom stereocenters. The van der Waals surface area contributed by atoms with Gasteiger partial charge in [-0.1, -0.05) is 6.92 Å². The van der Waals surface area contributed by atoms with Gasteiger partial charge < -0.3 is 5.73 Å². The molecule has 2 aromatic heterocycles. The summed E-state index contributed by atoms with van der Waals surface area (Å²) >= 11 is 1.45. The van der Waals surface area contributed by atoms with Crippen LogP contribution >= 0.6 is 11.8 Å². The lowest BCUT2D eigenvalue weighted by atomic mass is 10.1. The Hall–Kier alpha value is -2.28. The van der Waals surface area contributed by atoms with Crippen LogP contribution in [0.1, 0.15) is 13.3 Å². The second-order valence-electron chi connectivity index (χ2n) is 4.64. The van der Waals surface area contributed by atoms with Crippen LogP contribution in [0.5, 0.6) is 0 Å². The summed E-state index contributed by atoms with van der Waals surface area (Å²) < 4.78 is 1.65. The molecule has 1 aromatic carbocycles. The molecule has 0 spiro atoms. The number of aromatic amines is 1. The van der Waals surface area contributed by atoms with E-state index in [0.717, 1.165) is 22.1 Å². The summed E-state index contributed by atoms with van der Waals surface area (Å²) in [6.45, 7) is 2.67. The van der Waals surface area contributed by atoms with Gasteiger partial charge in [-0.15, -0.1) is 5.10 Å². The topological polar surface area (TPSA) is 89.6 Å². The van der Waals surface area contributed by atoms with E-state index in [2.05, 4.69) is 15.2 Å². The Balaban J connectivity index is 2.07. The molecule has 0 aliphatic heterocycles. The number of hydrogen-bond donors (Lipinski definition) is 2. The smallest absolute Gasteiger partial charge is 0.343 e. The van der Waals surface area contributed by atoms with Crippen LogP contribution in [0, 0.1) is 0 Å². The van der Waals surface area contributed by atoms with Gasteiger partial charge >= 0.3 is 5.69 Å². The van der Waals surface area contributed by atoms with E-state index in [0.29, 0.717) is 17.4 Å². The number of anilines is 1. The number of hydrogen-bond acceptors (Lipinski definition) is 5. The summed E-state index contributed by atoms with van der Waals surface area (Å²) in [4.78, 5) is 16.8. The van der Waals surface area contributed by atoms with E-state index < -0.39 is 0 Å². The second-order valence-corrected chi connectivity index (χ2v) is 5.65. The Morgan fingerprint density at radius 2 is 2.19 bits per heavy atom. The second kappa shape index (κ2) is 5.61. The maximum atomic E-state index is 11.7. The first-order valence-electron chi connectivity index (χ1n) is 6.66. The number of benzene rings is 1. The molecular weight excluding hydrogens is 286 g/mol. The number of nitrogen functional groups attached to an aromatic ring is 1. The summed E-state index contributed by atoms with van der Waals surface area (Å²) in [7, 11) is 0. The van der Waals surface area contributed by atoms with E-state index in [4.69, 9.17) is 5.73 Å². The molecule has 7 heteroatoms. The normalized spacial score (nSPS) is 11.1. The third kappa shape index (κ3) is 2.52. The summed E-state index contributed by atoms with van der Waals surface area (Å²) in [5.41, 5.74) is 6.48. The van der Waals surface area contributed by atoms with Crippen molar-refractivity contribution in [3.63, 3.8) is 0 Å². The first kappa shape index (κ1) is 13.7. The minimum Gasteiger partial charge on any atom is -0.398 e. The van der Waals surface area contributed by atoms with Crippen LogP contribution in [0.4, 0.5) is 5.69 Å². The molecule has 21 heavy (non-hydrogen) atoms. The number of nitrogens with zero attached hydrogens (tertiary/aromatic N) is 3. The Kier molecular flexibility index (Phi) is 3.66. The van der Waals surface area contributed by atoms with Gasteiger partial charge in [-0.2, -0.15) is 0 Å². The molecule has 2 heterocycles. The highest BCUT2D eigenvalue weighted by atomic mass is 32.2. The molecule has 3 N–H and O–H groups in total. The van der Waals surface area contributed by atoms with Gasteiger partial charge in [0.05, 0.1) is 0 Å². The summed E-state index contributed by atoms with van der Waals surface area (Å²) in [6.07, 6.45) is 4.35. The minimum atomic E-state index is -0.180. The van der Waals surface area contributed by atoms with Gasteiger partial charge in [0.25, 0.3) is 0 Å². The third-order valence-corrected chi connectivity index (χ3v) is 4.25. The third-order valence-electron chi connectivity index (χ3n) is 3.18. The highest BCUT2D eigenvalue weighted by Gasteiger charge is 2.12. The molecule has 0 aliphatic carbocycles. The van der Waals surface area contributed by atoms with Crippen LogP contribution in [0.25, 0.3) is 10.8 Å². The maximum Gasteiger partial charge on any atom is 0.343 e. The van der Waals surface area contributed by atoms with Gasteiger partial charge in [0.2, 0.25) is 0 Å². The quantitative estimate of drug-likeness (QED) is 0.721. The van der Waals surface area contributed by atoms with E-state index in [9.17, 15) is 4.79 Å². The van der Waals surface area contributed by atoms with Gasteiger partial charge in [0.15, 0.2) is 5.16 Å². The van der Waals surface area contributed by atoms with Crippen LogP contribution in [-0.2, 0) is 6.54 Å². The van der Waals surface area contributed by atoms with Crippen LogP contribution in [0.2, 0.25) is 0 Å². The fraction of sp³-hybridized carbons (Fsp3) is 0.214. The van der Waals surface area contributed by atoms with E-state index in [1.807, 2.05) is 25.1 Å². The number of nitrogens with one attached hydrogen (secondary N) is 1. The average molecular weight is 301 g/mol. The molecule has 0 aliphatic rings. The van der Waals surface area contributed by atoms with Crippen LogP contribution < -0.4 is 11.4 Å². The zero-order chi connectivity index (χ0) is 14.8. The van der Waals surface area contributed by atoms with Gasteiger partial charge in [0, 0.05) is 40.3 Å². The van der Waals surface area contributed by atoms with Crippen LogP contribution in [-0.4, -0.2) is 19.7 Å². The highest BCUT2D eigenvalue weighted by molar-refractivity contribution is 7.99. The van der Waals surface area contributed by atoms with Gasteiger partial charge in [-0.3, -0.25) is 9.55 Å². The largest absolute Gasteiger partial charge is 0.398 e. The molecule has 0 fully saturated rings. The van der Waals surface area contributed by atoms with E-state index in [1.54, 1.807) is 17.0 Å². The number of aromatic nitrogens is 4. The van der Waals surface area contributed by atoms with E-state index in [1.165, 1.54) is 11.8 Å². The Labute approximate surface area is 125 Å². The molecule has 3 aromatic rings. The van der Waals surface area contributed by atoms with Crippen molar-refractivity contribution in [2.75, 3.05) is 5.73 Å². The fourth-order valence-electron chi connectivity index (χ4n) is 2.17. The minimum absolute atomic E-state index is 0.180. The monoisotopic (exact) mass is 301 g/mol. The van der Waals surface area contributed by atoms with Gasteiger partial charge in [-0.25, -0.2) is 9.89 Å². The Morgan fingerprint density at radius 3 is 3.00 bits per heavy atom. The van der Waals surface area contributed by atoms with Crippen molar-refractivity contribution in [1.82, 2.24) is 19.7 Å². The zero-order valence-electron chi connectivity index (χ0n) is 11.5. The number of rotatable bonds is 4. The summed E-state index contributed by atoms with van der Waals surface area (Å²) in [6, 6.07) is 5.71. The summed E-state index contributed by atoms with van der Waals surface area (Å²) in [5.74, 6) is 0. The molecule has 0 amide bonds. The van der Waals surface area contributed by atoms with Crippen molar-refractivity contribution in [1.29, 1.82) is 0 Å². The SMILES string of the molecule is CCCn1c(Sc2ccc(N)c3cnccc23)n[nH]c1=O. The lowest BCUT2D eigenvalue weighted by molar-refractivity contribution is 0.604. The first-order valence-corrected chi connectivity index (χ1v) is 7.47. The van der Waals surface area contributed by atoms with Crippen molar-refractivity contribution >= 4 is 28.2 Å². The van der Waals surface area contributed by atoms with Crippen molar-refractivity contribution in [2.45, 2.75) is 29.9 Å². The predicted molar refractivity (Wildman–Crippen MR) is 83.4 cm³/mol. The molecule has 0 unspecified atom stereocenters. The molecule has 0 bridgehead atoms. The van der Waals surface area contributed by atoms with Crippen molar-refractivity contribution < 1.29 is 0 Å². The molecule has 6 nitrogen and oxygen atoms in total. The van der Waals surface area contributed by atoms with Crippen LogP contribution in [0.3, 0.4) is 0 Å². The van der Waals surface area contributed by atoms with Crippen molar-refractivity contribution in [3.05, 3.63) is 41.1 Å². The number of fused-ring (bicyclic) bond motifs is 1. The Morgan fingerprint density at radius 1 is 1.33 bits per heavy atom. The van der Waals surface area contributed by atoms with Gasteiger partial charge in [-0.05, 0) is 36.4 Å². The summed E-state index contributed by atoms with van der Waals surface area (Å²) in [5, 5.41) is 9.17. The highest BCUT2D eigenvalue weighted by Crippen LogP contribution is 2.34. The molecule has 0 radical (unpaired) electrons. The van der Waals surface area contributed by atoms with Gasteiger partial charge in [0.1, 0.15) is 0 Å². The van der Waals surface area contributed by atoms with E-state index in [-0.39, 0.29) is 5.69 Å². The predicted octanol–water partition coefficient (Wildman–Crippen LogP) is 2.26. The zero-order valence-corrected chi connectivity index (χ0v) is 12.4. The number of H-pyrrole nitrogens is 1. The molecule has 108 valence electrons. The maximum absolute atomic E-state index is 11.7. The molecule has 0 saturated carbocycles. The first-order chi connectivity index (χ1) is 10.2. The number of pyridine rings is 1. The lowest BCUT2D eigenvalue weighted by Gasteiger charge is -2.08. The van der Waals surface area contributed by atoms with E-state index >= 15 is 0 Å². The fourth-order valence-corrected chi connectivity index (χ4v) is 3.17.